The number of benzene rings is 4. The molecule has 4 aromatic rings. The Balaban J connectivity index is 1.61. The second kappa shape index (κ2) is 21.6. The topological polar surface area (TPSA) is 95.8 Å². The van der Waals surface area contributed by atoms with Crippen LogP contribution < -0.4 is 9.47 Å². The molecule has 8 heteroatoms. The maximum Gasteiger partial charge on any atom is 0.126 e. The van der Waals surface area contributed by atoms with Gasteiger partial charge in [0.15, 0.2) is 0 Å². The molecule has 8 nitrogen and oxygen atoms in total. The van der Waals surface area contributed by atoms with Crippen molar-refractivity contribution in [3.05, 3.63) is 144 Å². The summed E-state index contributed by atoms with van der Waals surface area (Å²) in [4.78, 5) is 0. The van der Waals surface area contributed by atoms with E-state index in [1.165, 1.54) is 5.56 Å². The van der Waals surface area contributed by atoms with Gasteiger partial charge >= 0.3 is 0 Å². The van der Waals surface area contributed by atoms with Gasteiger partial charge in [0.1, 0.15) is 35.7 Å². The molecular weight excluding hydrogens is 897 g/mol. The van der Waals surface area contributed by atoms with Crippen molar-refractivity contribution in [1.82, 2.24) is 0 Å². The normalized spacial score (nSPS) is 18.3. The Morgan fingerprint density at radius 1 is 0.444 bits per heavy atom. The fraction of sp³-hybridized carbons (Fsp3) is 0.547. The average Bonchev–Trinajstić information content (AvgIpc) is 3.26. The van der Waals surface area contributed by atoms with Gasteiger partial charge in [0, 0.05) is 37.7 Å². The summed E-state index contributed by atoms with van der Waals surface area (Å²) >= 11 is 0. The van der Waals surface area contributed by atoms with Gasteiger partial charge in [0.05, 0.1) is 53.4 Å². The molecule has 0 fully saturated rings. The quantitative estimate of drug-likeness (QED) is 0.182. The molecule has 72 heavy (non-hydrogen) atoms. The van der Waals surface area contributed by atoms with Crippen LogP contribution in [0, 0.1) is 5.41 Å². The SMILES string of the molecule is COc1c2cc(C(C)(C)C)cc1Cc1cc(C(C)(C)C)cc(c1O)Cc1cc(C(C)(C)C)cc3c1OCCOCCOCCOCCOC1C(=C=C(C(C)(C)C)C=C1Cc1cc(C(C)(C)C)cc(c1O)C3)C2. The highest BCUT2D eigenvalue weighted by Crippen LogP contribution is 2.44. The molecule has 1 atom stereocenters. The van der Waals surface area contributed by atoms with E-state index in [1.807, 2.05) is 0 Å². The third kappa shape index (κ3) is 13.1. The number of ether oxygens (including phenoxy) is 6. The summed E-state index contributed by atoms with van der Waals surface area (Å²) in [5.41, 5.74) is 17.7. The standard InChI is InChI=1S/C64H86O8/c1-60(2,3)50-30-40-25-44-34-52(62(7,8)9)35-45(57(44)67-16)29-49-39-54(64(13,14)15)38-48-28-43-33-51(61(4,5)6)32-42(56(43)66)27-47-37-53(63(10,11)12)36-46(26-41(31-50)55(40)65)58(47)71-23-21-69-19-17-68-18-20-70-22-24-72-59(48)49/h30-38,59,65-66H,17-29H2,1-16H3. The Labute approximate surface area is 432 Å². The van der Waals surface area contributed by atoms with Gasteiger partial charge in [-0.05, 0) is 111 Å². The van der Waals surface area contributed by atoms with Crippen LogP contribution >= 0.6 is 0 Å². The van der Waals surface area contributed by atoms with Crippen LogP contribution in [-0.4, -0.2) is 76.3 Å². The summed E-state index contributed by atoms with van der Waals surface area (Å²) in [5.74, 6) is 2.05. The molecule has 12 bridgehead atoms. The van der Waals surface area contributed by atoms with Crippen LogP contribution in [0.1, 0.15) is 171 Å². The third-order valence-corrected chi connectivity index (χ3v) is 14.4. The molecule has 0 spiro atoms. The van der Waals surface area contributed by atoms with E-state index in [-0.39, 0.29) is 38.6 Å². The molecule has 7 rings (SSSR count). The molecule has 2 N–H and O–H groups in total. The van der Waals surface area contributed by atoms with Crippen molar-refractivity contribution >= 4 is 0 Å². The number of aromatic hydroxyl groups is 2. The molecule has 1 heterocycles. The lowest BCUT2D eigenvalue weighted by molar-refractivity contribution is -0.00977. The molecule has 0 amide bonds. The fourth-order valence-electron chi connectivity index (χ4n) is 9.93. The monoisotopic (exact) mass is 983 g/mol. The largest absolute Gasteiger partial charge is 0.507 e. The number of phenols is 2. The van der Waals surface area contributed by atoms with Crippen LogP contribution in [0.5, 0.6) is 23.0 Å². The molecule has 4 aromatic carbocycles. The minimum Gasteiger partial charge on any atom is -0.507 e. The molecule has 1 aliphatic heterocycles. The van der Waals surface area contributed by atoms with E-state index in [0.717, 1.165) is 89.4 Å². The highest BCUT2D eigenvalue weighted by molar-refractivity contribution is 5.59. The van der Waals surface area contributed by atoms with Crippen molar-refractivity contribution in [3.63, 3.8) is 0 Å². The minimum absolute atomic E-state index is 0.204. The maximum atomic E-state index is 12.8. The predicted octanol–water partition coefficient (Wildman–Crippen LogP) is 13.4. The van der Waals surface area contributed by atoms with Gasteiger partial charge in [-0.25, -0.2) is 0 Å². The summed E-state index contributed by atoms with van der Waals surface area (Å²) < 4.78 is 38.6. The van der Waals surface area contributed by atoms with Gasteiger partial charge in [0.2, 0.25) is 0 Å². The minimum atomic E-state index is -0.481. The first-order valence-electron chi connectivity index (χ1n) is 26.4. The zero-order chi connectivity index (χ0) is 52.6. The van der Waals surface area contributed by atoms with E-state index < -0.39 is 6.10 Å². The molecule has 0 aromatic heterocycles. The van der Waals surface area contributed by atoms with Crippen LogP contribution in [0.4, 0.5) is 0 Å². The first-order chi connectivity index (χ1) is 33.6. The Kier molecular flexibility index (Phi) is 16.5. The van der Waals surface area contributed by atoms with E-state index in [0.29, 0.717) is 85.0 Å². The lowest BCUT2D eigenvalue weighted by Gasteiger charge is -2.31. The first-order valence-corrected chi connectivity index (χ1v) is 26.4. The second-order valence-corrected chi connectivity index (χ2v) is 25.6. The number of fused-ring (bicyclic) bond motifs is 4. The van der Waals surface area contributed by atoms with E-state index >= 15 is 0 Å². The van der Waals surface area contributed by atoms with Gasteiger partial charge in [-0.1, -0.05) is 152 Å². The van der Waals surface area contributed by atoms with Gasteiger partial charge in [0.25, 0.3) is 0 Å². The second-order valence-electron chi connectivity index (χ2n) is 25.6. The lowest BCUT2D eigenvalue weighted by atomic mass is 9.77. The van der Waals surface area contributed by atoms with Crippen molar-refractivity contribution in [2.75, 3.05) is 60.0 Å². The van der Waals surface area contributed by atoms with Gasteiger partial charge in [-0.2, -0.15) is 0 Å². The highest BCUT2D eigenvalue weighted by atomic mass is 16.6. The van der Waals surface area contributed by atoms with Crippen molar-refractivity contribution < 1.29 is 38.6 Å². The number of hydrogen-bond donors (Lipinski definition) is 2. The molecule has 3 aliphatic rings. The molecule has 2 aliphatic carbocycles. The molecule has 1 unspecified atom stereocenters. The van der Waals surface area contributed by atoms with Crippen LogP contribution in [-0.2, 0) is 72.7 Å². The van der Waals surface area contributed by atoms with Crippen molar-refractivity contribution in [2.24, 2.45) is 5.41 Å². The van der Waals surface area contributed by atoms with Crippen LogP contribution in [0.15, 0.2) is 77.1 Å². The van der Waals surface area contributed by atoms with Crippen molar-refractivity contribution in [1.29, 1.82) is 0 Å². The summed E-state index contributed by atoms with van der Waals surface area (Å²) in [6.45, 7) is 36.6. The summed E-state index contributed by atoms with van der Waals surface area (Å²) in [6.07, 6.45) is 4.03. The number of rotatable bonds is 1. The molecule has 0 saturated heterocycles. The van der Waals surface area contributed by atoms with E-state index in [1.54, 1.807) is 7.11 Å². The van der Waals surface area contributed by atoms with Crippen molar-refractivity contribution in [3.8, 4) is 23.0 Å². The number of hydrogen-bond acceptors (Lipinski definition) is 8. The fourth-order valence-corrected chi connectivity index (χ4v) is 9.93. The average molecular weight is 983 g/mol. The molecule has 0 saturated carbocycles. The van der Waals surface area contributed by atoms with Gasteiger partial charge < -0.3 is 38.6 Å². The summed E-state index contributed by atoms with van der Waals surface area (Å²) in [7, 11) is 1.76. The maximum absolute atomic E-state index is 12.8. The molecule has 390 valence electrons. The summed E-state index contributed by atoms with van der Waals surface area (Å²) in [5, 5.41) is 25.6. The molecular formula is C64H86O8. The predicted molar refractivity (Wildman–Crippen MR) is 292 cm³/mol. The van der Waals surface area contributed by atoms with Gasteiger partial charge in [-0.3, -0.25) is 0 Å². The van der Waals surface area contributed by atoms with E-state index in [2.05, 4.69) is 164 Å². The van der Waals surface area contributed by atoms with Crippen LogP contribution in [0.25, 0.3) is 0 Å². The van der Waals surface area contributed by atoms with Crippen molar-refractivity contribution in [2.45, 2.75) is 164 Å². The Morgan fingerprint density at radius 3 is 1.22 bits per heavy atom. The Bertz CT molecular complexity index is 2710. The number of allylic oxidation sites excluding steroid dienone is 1. The third-order valence-electron chi connectivity index (χ3n) is 14.4. The van der Waals surface area contributed by atoms with Gasteiger partial charge in [-0.15, -0.1) is 5.73 Å². The lowest BCUT2D eigenvalue weighted by Crippen LogP contribution is -2.27. The Morgan fingerprint density at radius 2 is 0.806 bits per heavy atom. The zero-order valence-electron chi connectivity index (χ0n) is 46.8. The highest BCUT2D eigenvalue weighted by Gasteiger charge is 2.33. The van der Waals surface area contributed by atoms with Crippen LogP contribution in [0.3, 0.4) is 0 Å². The zero-order valence-corrected chi connectivity index (χ0v) is 46.8. The number of phenolic OH excluding ortho intramolecular Hbond substituents is 2. The number of methoxy groups -OCH3 is 1. The Hall–Kier alpha value is -4.82. The summed E-state index contributed by atoms with van der Waals surface area (Å²) in [6, 6.07) is 17.8. The smallest absolute Gasteiger partial charge is 0.126 e. The van der Waals surface area contributed by atoms with Crippen LogP contribution in [0.2, 0.25) is 0 Å². The van der Waals surface area contributed by atoms with E-state index in [4.69, 9.17) is 28.4 Å². The van der Waals surface area contributed by atoms with E-state index in [9.17, 15) is 10.2 Å². The first kappa shape index (κ1) is 54.9. The molecule has 0 radical (unpaired) electrons.